The number of hydrogen-bond donors (Lipinski definition) is 2. The van der Waals surface area contributed by atoms with E-state index < -0.39 is 11.7 Å². The average molecular weight is 210 g/mol. The Bertz CT molecular complexity index is 348. The van der Waals surface area contributed by atoms with Crippen molar-refractivity contribution in [2.45, 2.75) is 4.90 Å². The molecule has 14 heavy (non-hydrogen) atoms. The van der Waals surface area contributed by atoms with Gasteiger partial charge in [0.25, 0.3) is 5.78 Å². The summed E-state index contributed by atoms with van der Waals surface area (Å²) >= 11 is 1.57. The van der Waals surface area contributed by atoms with Crippen LogP contribution in [0.25, 0.3) is 0 Å². The van der Waals surface area contributed by atoms with Crippen molar-refractivity contribution in [3.63, 3.8) is 0 Å². The zero-order valence-electron chi connectivity index (χ0n) is 7.61. The molecule has 1 amide bonds. The van der Waals surface area contributed by atoms with Crippen LogP contribution in [0.5, 0.6) is 0 Å². The van der Waals surface area contributed by atoms with Gasteiger partial charge < -0.3 is 0 Å². The fourth-order valence-electron chi connectivity index (χ4n) is 0.939. The van der Waals surface area contributed by atoms with Gasteiger partial charge in [-0.05, 0) is 30.5 Å². The lowest BCUT2D eigenvalue weighted by molar-refractivity contribution is -0.117. The maximum Gasteiger partial charge on any atom is 0.306 e. The number of ketones is 1. The number of rotatable bonds is 3. The summed E-state index contributed by atoms with van der Waals surface area (Å²) in [5.74, 6) is 3.41. The molecule has 0 aromatic heterocycles. The Morgan fingerprint density at radius 2 is 1.86 bits per heavy atom. The van der Waals surface area contributed by atoms with Gasteiger partial charge in [-0.25, -0.2) is 5.84 Å². The average Bonchev–Trinajstić information content (AvgIpc) is 2.27. The Hall–Kier alpha value is -1.33. The van der Waals surface area contributed by atoms with Crippen LogP contribution in [0.1, 0.15) is 10.4 Å². The number of hydrogen-bond acceptors (Lipinski definition) is 4. The first-order chi connectivity index (χ1) is 6.69. The second kappa shape index (κ2) is 4.78. The van der Waals surface area contributed by atoms with Crippen LogP contribution in [0.2, 0.25) is 0 Å². The van der Waals surface area contributed by atoms with E-state index in [2.05, 4.69) is 0 Å². The van der Waals surface area contributed by atoms with Crippen molar-refractivity contribution in [3.05, 3.63) is 29.8 Å². The smallest absolute Gasteiger partial charge is 0.287 e. The predicted octanol–water partition coefficient (Wildman–Crippen LogP) is 0.581. The maximum atomic E-state index is 11.3. The quantitative estimate of drug-likeness (QED) is 0.191. The van der Waals surface area contributed by atoms with Crippen molar-refractivity contribution in [3.8, 4) is 0 Å². The molecule has 0 unspecified atom stereocenters. The fourth-order valence-corrected chi connectivity index (χ4v) is 1.35. The highest BCUT2D eigenvalue weighted by molar-refractivity contribution is 7.98. The van der Waals surface area contributed by atoms with Gasteiger partial charge in [-0.3, -0.25) is 15.0 Å². The van der Waals surface area contributed by atoms with E-state index in [1.807, 2.05) is 6.26 Å². The highest BCUT2D eigenvalue weighted by Crippen LogP contribution is 2.14. The van der Waals surface area contributed by atoms with Gasteiger partial charge in [-0.1, -0.05) is 0 Å². The number of nitrogens with one attached hydrogen (secondary N) is 1. The van der Waals surface area contributed by atoms with Crippen molar-refractivity contribution in [1.29, 1.82) is 0 Å². The molecule has 0 aliphatic heterocycles. The van der Waals surface area contributed by atoms with Crippen LogP contribution in [-0.2, 0) is 4.79 Å². The molecule has 0 saturated carbocycles. The minimum Gasteiger partial charge on any atom is -0.287 e. The number of amides is 1. The first kappa shape index (κ1) is 10.7. The molecule has 0 aliphatic rings. The summed E-state index contributed by atoms with van der Waals surface area (Å²) in [6.45, 7) is 0. The minimum atomic E-state index is -0.804. The second-order valence-electron chi connectivity index (χ2n) is 2.53. The van der Waals surface area contributed by atoms with Crippen LogP contribution in [0, 0.1) is 0 Å². The largest absolute Gasteiger partial charge is 0.306 e. The number of thioether (sulfide) groups is 1. The molecule has 1 aromatic carbocycles. The van der Waals surface area contributed by atoms with E-state index in [-0.39, 0.29) is 0 Å². The minimum absolute atomic E-state index is 0.339. The van der Waals surface area contributed by atoms with E-state index in [9.17, 15) is 9.59 Å². The van der Waals surface area contributed by atoms with Crippen LogP contribution in [-0.4, -0.2) is 17.9 Å². The second-order valence-corrected chi connectivity index (χ2v) is 3.41. The number of hydrazine groups is 1. The fraction of sp³-hybridized carbons (Fsp3) is 0.111. The first-order valence-electron chi connectivity index (χ1n) is 3.88. The Labute approximate surface area is 85.8 Å². The topological polar surface area (TPSA) is 72.2 Å². The standard InChI is InChI=1S/C9H10N2O2S/c1-14-7-4-2-6(3-5-7)8(12)9(13)11-10/h2-5H,10H2,1H3,(H,11,13). The Morgan fingerprint density at radius 3 is 2.29 bits per heavy atom. The van der Waals surface area contributed by atoms with Gasteiger partial charge in [0.15, 0.2) is 0 Å². The highest BCUT2D eigenvalue weighted by atomic mass is 32.2. The van der Waals surface area contributed by atoms with Crippen LogP contribution in [0.3, 0.4) is 0 Å². The molecular weight excluding hydrogens is 200 g/mol. The lowest BCUT2D eigenvalue weighted by Gasteiger charge is -2.00. The first-order valence-corrected chi connectivity index (χ1v) is 5.11. The summed E-state index contributed by atoms with van der Waals surface area (Å²) in [5, 5.41) is 0. The lowest BCUT2D eigenvalue weighted by atomic mass is 10.1. The molecule has 0 fully saturated rings. The van der Waals surface area contributed by atoms with Crippen LogP contribution in [0.4, 0.5) is 0 Å². The summed E-state index contributed by atoms with van der Waals surface area (Å²) in [5.41, 5.74) is 2.14. The van der Waals surface area contributed by atoms with Gasteiger partial charge >= 0.3 is 5.91 Å². The molecule has 5 heteroatoms. The van der Waals surface area contributed by atoms with Gasteiger partial charge in [-0.15, -0.1) is 11.8 Å². The lowest BCUT2D eigenvalue weighted by Crippen LogP contribution is -2.36. The SMILES string of the molecule is CSc1ccc(C(=O)C(=O)NN)cc1. The van der Waals surface area contributed by atoms with E-state index in [1.165, 1.54) is 0 Å². The van der Waals surface area contributed by atoms with Crippen molar-refractivity contribution in [1.82, 2.24) is 5.43 Å². The zero-order valence-corrected chi connectivity index (χ0v) is 8.43. The Kier molecular flexibility index (Phi) is 3.67. The highest BCUT2D eigenvalue weighted by Gasteiger charge is 2.13. The van der Waals surface area contributed by atoms with Crippen LogP contribution >= 0.6 is 11.8 Å². The van der Waals surface area contributed by atoms with Gasteiger partial charge in [0, 0.05) is 10.5 Å². The van der Waals surface area contributed by atoms with Gasteiger partial charge in [0.05, 0.1) is 0 Å². The molecule has 0 saturated heterocycles. The van der Waals surface area contributed by atoms with Crippen molar-refractivity contribution >= 4 is 23.5 Å². The number of nitrogens with two attached hydrogens (primary N) is 1. The summed E-state index contributed by atoms with van der Waals surface area (Å²) < 4.78 is 0. The predicted molar refractivity (Wildman–Crippen MR) is 54.9 cm³/mol. The maximum absolute atomic E-state index is 11.3. The molecule has 1 rings (SSSR count). The molecule has 0 spiro atoms. The molecule has 0 heterocycles. The molecule has 0 bridgehead atoms. The van der Waals surface area contributed by atoms with E-state index in [0.29, 0.717) is 5.56 Å². The van der Waals surface area contributed by atoms with Gasteiger partial charge in [0.1, 0.15) is 0 Å². The number of carbonyl (C=O) groups is 2. The van der Waals surface area contributed by atoms with Crippen LogP contribution < -0.4 is 11.3 Å². The molecule has 3 N–H and O–H groups in total. The monoisotopic (exact) mass is 210 g/mol. The van der Waals surface area contributed by atoms with E-state index in [1.54, 1.807) is 41.5 Å². The van der Waals surface area contributed by atoms with Gasteiger partial charge in [-0.2, -0.15) is 0 Å². The molecule has 4 nitrogen and oxygen atoms in total. The summed E-state index contributed by atoms with van der Waals surface area (Å²) in [6, 6.07) is 6.76. The Balaban J connectivity index is 2.87. The summed E-state index contributed by atoms with van der Waals surface area (Å²) in [6.07, 6.45) is 1.93. The molecule has 74 valence electrons. The molecule has 1 aromatic rings. The molecular formula is C9H10N2O2S. The number of benzene rings is 1. The van der Waals surface area contributed by atoms with Gasteiger partial charge in [0.2, 0.25) is 0 Å². The zero-order chi connectivity index (χ0) is 10.6. The van der Waals surface area contributed by atoms with Crippen molar-refractivity contribution < 1.29 is 9.59 Å². The normalized spacial score (nSPS) is 9.57. The Morgan fingerprint density at radius 1 is 1.29 bits per heavy atom. The third-order valence-electron chi connectivity index (χ3n) is 1.69. The molecule has 0 aliphatic carbocycles. The molecule has 0 radical (unpaired) electrons. The third-order valence-corrected chi connectivity index (χ3v) is 2.43. The third kappa shape index (κ3) is 2.34. The van der Waals surface area contributed by atoms with Crippen LogP contribution in [0.15, 0.2) is 29.2 Å². The number of carbonyl (C=O) groups excluding carboxylic acids is 2. The van der Waals surface area contributed by atoms with E-state index in [4.69, 9.17) is 5.84 Å². The number of Topliss-reactive ketones (excluding diaryl/α,β-unsaturated/α-hetero) is 1. The van der Waals surface area contributed by atoms with E-state index in [0.717, 1.165) is 4.90 Å². The van der Waals surface area contributed by atoms with Crippen molar-refractivity contribution in [2.24, 2.45) is 5.84 Å². The molecule has 0 atom stereocenters. The summed E-state index contributed by atoms with van der Waals surface area (Å²) in [7, 11) is 0. The van der Waals surface area contributed by atoms with Crippen molar-refractivity contribution in [2.75, 3.05) is 6.26 Å². The van der Waals surface area contributed by atoms with E-state index >= 15 is 0 Å². The summed E-state index contributed by atoms with van der Waals surface area (Å²) in [4.78, 5) is 23.2.